The first-order valence-electron chi connectivity index (χ1n) is 2.25. The Balaban J connectivity index is 3.64. The van der Waals surface area contributed by atoms with Gasteiger partial charge in [-0.15, -0.1) is 0 Å². The van der Waals surface area contributed by atoms with E-state index in [-0.39, 0.29) is 6.61 Å². The van der Waals surface area contributed by atoms with Crippen LogP contribution in [0.2, 0.25) is 0 Å². The van der Waals surface area contributed by atoms with Gasteiger partial charge in [0.2, 0.25) is 0 Å². The van der Waals surface area contributed by atoms with Crippen molar-refractivity contribution in [2.75, 3.05) is 6.61 Å². The maximum absolute atomic E-state index is 10.3. The van der Waals surface area contributed by atoms with Gasteiger partial charge in [-0.3, -0.25) is 9.13 Å². The average molecular weight is 187 g/mol. The van der Waals surface area contributed by atoms with Gasteiger partial charge in [0, 0.05) is 6.21 Å². The predicted octanol–water partition coefficient (Wildman–Crippen LogP) is -0.162. The molecule has 0 saturated carbocycles. The van der Waals surface area contributed by atoms with Gasteiger partial charge in [0.15, 0.2) is 0 Å². The molecule has 60 valence electrons. The first-order valence-corrected chi connectivity index (χ1v) is 4.77. The van der Waals surface area contributed by atoms with E-state index >= 15 is 0 Å². The van der Waals surface area contributed by atoms with E-state index in [9.17, 15) is 9.13 Å². The van der Waals surface area contributed by atoms with Crippen LogP contribution in [0, 0.1) is 0 Å². The van der Waals surface area contributed by atoms with Crippen molar-refractivity contribution >= 4 is 22.6 Å². The molecule has 2 atom stereocenters. The van der Waals surface area contributed by atoms with Crippen molar-refractivity contribution in [2.24, 2.45) is 4.76 Å². The average Bonchev–Trinajstić information content (AvgIpc) is 1.82. The SMILES string of the molecule is O=[PH](O)O[PH](=O)N=CCO. The van der Waals surface area contributed by atoms with Crippen molar-refractivity contribution in [2.45, 2.75) is 0 Å². The smallest absolute Gasteiger partial charge is 0.323 e. The lowest BCUT2D eigenvalue weighted by atomic mass is 10.8. The summed E-state index contributed by atoms with van der Waals surface area (Å²) in [7, 11) is -5.99. The summed E-state index contributed by atoms with van der Waals surface area (Å²) in [4.78, 5) is 8.04. The van der Waals surface area contributed by atoms with Crippen molar-refractivity contribution in [3.63, 3.8) is 0 Å². The van der Waals surface area contributed by atoms with Crippen molar-refractivity contribution in [3.8, 4) is 0 Å². The topological polar surface area (TPSA) is 96.2 Å². The van der Waals surface area contributed by atoms with Crippen molar-refractivity contribution in [1.82, 2.24) is 0 Å². The summed E-state index contributed by atoms with van der Waals surface area (Å²) in [5.41, 5.74) is 0. The number of aliphatic hydroxyl groups is 1. The van der Waals surface area contributed by atoms with Gasteiger partial charge in [-0.1, -0.05) is 0 Å². The van der Waals surface area contributed by atoms with Gasteiger partial charge in [0.05, 0.1) is 6.61 Å². The third-order valence-electron chi connectivity index (χ3n) is 0.453. The molecule has 0 saturated heterocycles. The second-order valence-electron chi connectivity index (χ2n) is 1.13. The lowest BCUT2D eigenvalue weighted by Crippen LogP contribution is -1.78. The van der Waals surface area contributed by atoms with Gasteiger partial charge in [0.25, 0.3) is 0 Å². The van der Waals surface area contributed by atoms with Crippen molar-refractivity contribution < 1.29 is 23.4 Å². The molecule has 0 heterocycles. The summed E-state index contributed by atoms with van der Waals surface area (Å²) in [6.45, 7) is -0.369. The quantitative estimate of drug-likeness (QED) is 0.470. The molecular weight excluding hydrogens is 180 g/mol. The molecule has 10 heavy (non-hydrogen) atoms. The van der Waals surface area contributed by atoms with Gasteiger partial charge < -0.3 is 10.00 Å². The van der Waals surface area contributed by atoms with Gasteiger partial charge in [-0.2, -0.15) is 0 Å². The molecule has 0 spiro atoms. The summed E-state index contributed by atoms with van der Waals surface area (Å²) in [6, 6.07) is 0. The molecule has 2 unspecified atom stereocenters. The summed E-state index contributed by atoms with van der Waals surface area (Å²) >= 11 is 0. The largest absolute Gasteiger partial charge is 0.391 e. The molecule has 0 fully saturated rings. The number of hydrogen-bond acceptors (Lipinski definition) is 4. The third-order valence-corrected chi connectivity index (χ3v) is 2.24. The van der Waals surface area contributed by atoms with Crippen LogP contribution in [-0.2, 0) is 13.4 Å². The van der Waals surface area contributed by atoms with Crippen LogP contribution in [0.5, 0.6) is 0 Å². The van der Waals surface area contributed by atoms with E-state index in [1.807, 2.05) is 0 Å². The molecule has 0 aromatic rings. The molecular formula is C2H7NO5P2. The number of hydrogen-bond donors (Lipinski definition) is 2. The van der Waals surface area contributed by atoms with Crippen LogP contribution < -0.4 is 0 Å². The molecule has 0 radical (unpaired) electrons. The highest BCUT2D eigenvalue weighted by Crippen LogP contribution is 2.35. The monoisotopic (exact) mass is 187 g/mol. The van der Waals surface area contributed by atoms with Crippen LogP contribution >= 0.6 is 16.4 Å². The van der Waals surface area contributed by atoms with Crippen LogP contribution in [0.3, 0.4) is 0 Å². The minimum absolute atomic E-state index is 0.369. The second-order valence-corrected chi connectivity index (χ2v) is 3.27. The third kappa shape index (κ3) is 6.13. The Bertz CT molecular complexity index is 167. The predicted molar refractivity (Wildman–Crippen MR) is 36.9 cm³/mol. The van der Waals surface area contributed by atoms with Crippen molar-refractivity contribution in [1.29, 1.82) is 0 Å². The Morgan fingerprint density at radius 1 is 1.60 bits per heavy atom. The summed E-state index contributed by atoms with van der Waals surface area (Å²) < 4.78 is 27.1. The molecule has 0 aromatic carbocycles. The highest BCUT2D eigenvalue weighted by molar-refractivity contribution is 7.49. The summed E-state index contributed by atoms with van der Waals surface area (Å²) in [5.74, 6) is 0. The zero-order valence-corrected chi connectivity index (χ0v) is 6.85. The van der Waals surface area contributed by atoms with Gasteiger partial charge >= 0.3 is 16.4 Å². The normalized spacial score (nSPS) is 17.4. The number of rotatable bonds is 4. The van der Waals surface area contributed by atoms with E-state index < -0.39 is 16.4 Å². The highest BCUT2D eigenvalue weighted by atomic mass is 31.2. The molecule has 0 aliphatic heterocycles. The first-order chi connectivity index (χ1) is 4.66. The van der Waals surface area contributed by atoms with Crippen LogP contribution in [-0.4, -0.2) is 22.8 Å². The fourth-order valence-electron chi connectivity index (χ4n) is 0.216. The van der Waals surface area contributed by atoms with Gasteiger partial charge in [0.1, 0.15) is 0 Å². The van der Waals surface area contributed by atoms with E-state index in [1.54, 1.807) is 0 Å². The van der Waals surface area contributed by atoms with Crippen LogP contribution in [0.15, 0.2) is 4.76 Å². The van der Waals surface area contributed by atoms with E-state index in [4.69, 9.17) is 10.00 Å². The van der Waals surface area contributed by atoms with E-state index in [2.05, 4.69) is 9.07 Å². The van der Waals surface area contributed by atoms with Crippen LogP contribution in [0.1, 0.15) is 0 Å². The fraction of sp³-hybridized carbons (Fsp3) is 0.500. The molecule has 8 heteroatoms. The van der Waals surface area contributed by atoms with E-state index in [1.165, 1.54) is 0 Å². The Kier molecular flexibility index (Phi) is 5.78. The summed E-state index contributed by atoms with van der Waals surface area (Å²) in [5, 5.41) is 8.09. The molecule has 0 amide bonds. The molecule has 0 rings (SSSR count). The maximum Gasteiger partial charge on any atom is 0.323 e. The Morgan fingerprint density at radius 2 is 2.20 bits per heavy atom. The maximum atomic E-state index is 10.3. The Hall–Kier alpha value is 0.01000. The van der Waals surface area contributed by atoms with E-state index in [0.29, 0.717) is 0 Å². The van der Waals surface area contributed by atoms with E-state index in [0.717, 1.165) is 6.21 Å². The molecule has 0 aliphatic carbocycles. The minimum atomic E-state index is -3.18. The zero-order valence-electron chi connectivity index (χ0n) is 4.85. The van der Waals surface area contributed by atoms with Gasteiger partial charge in [-0.25, -0.2) is 9.07 Å². The molecule has 6 nitrogen and oxygen atoms in total. The fourth-order valence-corrected chi connectivity index (χ4v) is 1.26. The highest BCUT2D eigenvalue weighted by Gasteiger charge is 1.96. The van der Waals surface area contributed by atoms with Crippen molar-refractivity contribution in [3.05, 3.63) is 0 Å². The zero-order chi connectivity index (χ0) is 7.98. The Morgan fingerprint density at radius 3 is 2.60 bits per heavy atom. The molecule has 0 aromatic heterocycles. The minimum Gasteiger partial charge on any atom is -0.391 e. The van der Waals surface area contributed by atoms with Gasteiger partial charge in [-0.05, 0) is 0 Å². The van der Waals surface area contributed by atoms with Crippen LogP contribution in [0.25, 0.3) is 0 Å². The molecule has 2 N–H and O–H groups in total. The lowest BCUT2D eigenvalue weighted by molar-refractivity contribution is 0.361. The number of aliphatic hydroxyl groups excluding tert-OH is 1. The Labute approximate surface area is 58.4 Å². The standard InChI is InChI=1S/C2H7NO5P2/c4-2-1-3-9(5)8-10(6)7/h1,4,9-10H,2H2,(H,6,7). The van der Waals surface area contributed by atoms with Crippen LogP contribution in [0.4, 0.5) is 0 Å². The lowest BCUT2D eigenvalue weighted by Gasteiger charge is -1.90. The summed E-state index contributed by atoms with van der Waals surface area (Å²) in [6.07, 6.45) is 0.937. The first kappa shape index (κ1) is 10.0. The molecule has 0 bridgehead atoms. The number of nitrogens with zero attached hydrogens (tertiary/aromatic N) is 1. The molecule has 0 aliphatic rings. The second kappa shape index (κ2) is 5.77.